The molecule has 0 atom stereocenters. The molecular weight excluding hydrogens is 157 g/mol. The summed E-state index contributed by atoms with van der Waals surface area (Å²) in [6.45, 7) is -0.250. The van der Waals surface area contributed by atoms with E-state index in [0.717, 1.165) is 0 Å². The third-order valence-corrected chi connectivity index (χ3v) is 0.750. The molecule has 44 valence electrons. The predicted octanol–water partition coefficient (Wildman–Crippen LogP) is -2.98. The molecule has 0 unspecified atom stereocenters. The van der Waals surface area contributed by atoms with E-state index in [0.29, 0.717) is 0 Å². The molecule has 8 heavy (non-hydrogen) atoms. The molecule has 0 aliphatic heterocycles. The summed E-state index contributed by atoms with van der Waals surface area (Å²) in [4.78, 5) is 8.36. The van der Waals surface area contributed by atoms with Gasteiger partial charge in [-0.1, -0.05) is 0 Å². The van der Waals surface area contributed by atoms with Crippen molar-refractivity contribution in [2.75, 3.05) is 7.05 Å². The Kier molecular flexibility index (Phi) is 48.6. The molecular formula is C2H6NNaO2S2. The minimum atomic E-state index is -0.250. The third-order valence-electron chi connectivity index (χ3n) is 0.0833. The maximum absolute atomic E-state index is 8.36. The number of hydrogen-bond acceptors (Lipinski definition) is 4. The van der Waals surface area contributed by atoms with Crippen LogP contribution in [0.1, 0.15) is 0 Å². The van der Waals surface area contributed by atoms with Gasteiger partial charge in [-0.05, 0) is 7.05 Å². The van der Waals surface area contributed by atoms with Gasteiger partial charge in [-0.2, -0.15) is 0 Å². The van der Waals surface area contributed by atoms with Crippen molar-refractivity contribution in [2.24, 2.45) is 0 Å². The molecule has 0 aromatic rings. The fourth-order valence-electron chi connectivity index (χ4n) is 0. The summed E-state index contributed by atoms with van der Waals surface area (Å²) in [6, 6.07) is 0. The van der Waals surface area contributed by atoms with Crippen LogP contribution >= 0.6 is 11.0 Å². The van der Waals surface area contributed by atoms with Crippen molar-refractivity contribution in [2.45, 2.75) is 0 Å². The van der Waals surface area contributed by atoms with Crippen LogP contribution < -0.4 is 34.3 Å². The summed E-state index contributed by atoms with van der Waals surface area (Å²) in [6.07, 6.45) is 0. The second-order valence-electron chi connectivity index (χ2n) is 0.393. The van der Waals surface area contributed by atoms with E-state index < -0.39 is 0 Å². The average molecular weight is 163 g/mol. The maximum atomic E-state index is 8.36. The molecule has 0 aromatic carbocycles. The Morgan fingerprint density at radius 1 is 1.88 bits per heavy atom. The quantitative estimate of drug-likeness (QED) is 0.142. The Balaban J connectivity index is -0.0000000575. The molecule has 0 aliphatic carbocycles. The van der Waals surface area contributed by atoms with Crippen LogP contribution in [0.3, 0.4) is 0 Å². The van der Waals surface area contributed by atoms with Gasteiger partial charge in [0.15, 0.2) is 0 Å². The van der Waals surface area contributed by atoms with Gasteiger partial charge >= 0.3 is 29.6 Å². The van der Waals surface area contributed by atoms with Gasteiger partial charge in [0.2, 0.25) is 0 Å². The van der Waals surface area contributed by atoms with Crippen molar-refractivity contribution in [1.29, 1.82) is 0 Å². The Morgan fingerprint density at radius 3 is 2.00 bits per heavy atom. The van der Waals surface area contributed by atoms with E-state index in [1.807, 2.05) is 0 Å². The SMILES string of the molecule is CNS[S-].O=CO.[Na+]. The number of carbonyl (C=O) groups is 1. The van der Waals surface area contributed by atoms with E-state index in [2.05, 4.69) is 16.4 Å². The van der Waals surface area contributed by atoms with Gasteiger partial charge in [-0.25, -0.2) is 0 Å². The zero-order valence-electron chi connectivity index (χ0n) is 4.75. The molecule has 0 spiro atoms. The first-order chi connectivity index (χ1) is 3.33. The molecule has 0 heterocycles. The van der Waals surface area contributed by atoms with Gasteiger partial charge < -0.3 is 16.8 Å². The first kappa shape index (κ1) is 16.1. The van der Waals surface area contributed by atoms with E-state index in [1.54, 1.807) is 7.05 Å². The normalized spacial score (nSPS) is 5.25. The van der Waals surface area contributed by atoms with Crippen LogP contribution in [0.4, 0.5) is 0 Å². The van der Waals surface area contributed by atoms with Gasteiger partial charge in [0.1, 0.15) is 0 Å². The zero-order chi connectivity index (χ0) is 6.12. The largest absolute Gasteiger partial charge is 1.00 e. The minimum absolute atomic E-state index is 0. The molecule has 0 radical (unpaired) electrons. The Labute approximate surface area is 79.8 Å². The van der Waals surface area contributed by atoms with Crippen LogP contribution in [0.2, 0.25) is 0 Å². The van der Waals surface area contributed by atoms with Crippen molar-refractivity contribution >= 4 is 29.1 Å². The molecule has 0 rings (SSSR count). The van der Waals surface area contributed by atoms with Crippen LogP contribution in [0.15, 0.2) is 0 Å². The molecule has 0 aromatic heterocycles. The second-order valence-corrected chi connectivity index (χ2v) is 1.47. The van der Waals surface area contributed by atoms with E-state index in [-0.39, 0.29) is 36.0 Å². The van der Waals surface area contributed by atoms with Crippen LogP contribution in [-0.2, 0) is 16.5 Å². The number of nitrogens with one attached hydrogen (secondary N) is 1. The fourth-order valence-corrected chi connectivity index (χ4v) is 0. The monoisotopic (exact) mass is 163 g/mol. The van der Waals surface area contributed by atoms with Crippen LogP contribution in [-0.4, -0.2) is 18.6 Å². The van der Waals surface area contributed by atoms with E-state index in [9.17, 15) is 0 Å². The third kappa shape index (κ3) is 59.1. The number of carboxylic acid groups (broad SMARTS) is 1. The van der Waals surface area contributed by atoms with Gasteiger partial charge in [-0.3, -0.25) is 20.5 Å². The molecule has 3 nitrogen and oxygen atoms in total. The van der Waals surface area contributed by atoms with Crippen molar-refractivity contribution in [3.8, 4) is 0 Å². The van der Waals surface area contributed by atoms with Gasteiger partial charge in [0, 0.05) is 0 Å². The van der Waals surface area contributed by atoms with Gasteiger partial charge in [-0.15, -0.1) is 0 Å². The van der Waals surface area contributed by atoms with Crippen LogP contribution in [0, 0.1) is 0 Å². The Hall–Kier alpha value is 1.13. The van der Waals surface area contributed by atoms with Crippen molar-refractivity contribution in [1.82, 2.24) is 4.72 Å². The summed E-state index contributed by atoms with van der Waals surface area (Å²) in [5.74, 6) is 0. The molecule has 0 saturated heterocycles. The average Bonchev–Trinajstić information content (AvgIpc) is 1.69. The molecule has 0 amide bonds. The Bertz CT molecular complexity index is 37.2. The molecule has 0 saturated carbocycles. The van der Waals surface area contributed by atoms with E-state index in [4.69, 9.17) is 9.90 Å². The predicted molar refractivity (Wildman–Crippen MR) is 32.7 cm³/mol. The van der Waals surface area contributed by atoms with Crippen molar-refractivity contribution in [3.63, 3.8) is 0 Å². The first-order valence-electron chi connectivity index (χ1n) is 1.36. The summed E-state index contributed by atoms with van der Waals surface area (Å²) in [5, 5.41) is 6.89. The second kappa shape index (κ2) is 24.2. The van der Waals surface area contributed by atoms with Crippen LogP contribution in [0.5, 0.6) is 0 Å². The minimum Gasteiger partial charge on any atom is -0.702 e. The van der Waals surface area contributed by atoms with E-state index >= 15 is 0 Å². The first-order valence-corrected chi connectivity index (χ1v) is 3.11. The molecule has 2 N–H and O–H groups in total. The topological polar surface area (TPSA) is 49.3 Å². The Morgan fingerprint density at radius 2 is 2.00 bits per heavy atom. The fraction of sp³-hybridized carbons (Fsp3) is 0.500. The summed E-state index contributed by atoms with van der Waals surface area (Å²) < 4.78 is 2.66. The van der Waals surface area contributed by atoms with Crippen molar-refractivity contribution in [3.05, 3.63) is 0 Å². The molecule has 6 heteroatoms. The smallest absolute Gasteiger partial charge is 0.702 e. The summed E-state index contributed by atoms with van der Waals surface area (Å²) in [5.41, 5.74) is 0. The summed E-state index contributed by atoms with van der Waals surface area (Å²) in [7, 11) is 2.98. The van der Waals surface area contributed by atoms with E-state index in [1.165, 1.54) is 11.0 Å². The number of hydrogen-bond donors (Lipinski definition) is 2. The molecule has 0 aliphatic rings. The molecule has 0 bridgehead atoms. The standard InChI is InChI=1S/CH5NS2.CH2O2.Na/c1-2-4-3;2-1-3;/h2-3H,1H3;1H,(H,2,3);/q;;+1/p-1. The van der Waals surface area contributed by atoms with Gasteiger partial charge in [0.25, 0.3) is 6.47 Å². The van der Waals surface area contributed by atoms with Crippen molar-refractivity contribution < 1.29 is 39.5 Å². The summed E-state index contributed by atoms with van der Waals surface area (Å²) >= 11 is 4.36. The maximum Gasteiger partial charge on any atom is 1.00 e. The number of rotatable bonds is 1. The zero-order valence-corrected chi connectivity index (χ0v) is 8.38. The van der Waals surface area contributed by atoms with Gasteiger partial charge in [0.05, 0.1) is 0 Å². The van der Waals surface area contributed by atoms with Crippen LogP contribution in [0.25, 0.3) is 0 Å². The molecule has 0 fully saturated rings.